The van der Waals surface area contributed by atoms with Crippen LogP contribution in [-0.2, 0) is 6.54 Å². The van der Waals surface area contributed by atoms with Crippen LogP contribution >= 0.6 is 0 Å². The van der Waals surface area contributed by atoms with Crippen molar-refractivity contribution in [1.82, 2.24) is 30.1 Å². The van der Waals surface area contributed by atoms with Gasteiger partial charge in [-0.1, -0.05) is 47.7 Å². The summed E-state index contributed by atoms with van der Waals surface area (Å²) >= 11 is 0. The maximum absolute atomic E-state index is 12.2. The third-order valence-electron chi connectivity index (χ3n) is 4.22. The van der Waals surface area contributed by atoms with Crippen LogP contribution in [0.1, 0.15) is 5.56 Å². The Labute approximate surface area is 147 Å². The molecule has 1 aromatic carbocycles. The molecule has 0 spiro atoms. The number of amides is 2. The van der Waals surface area contributed by atoms with Crippen LogP contribution in [0.2, 0.25) is 0 Å². The van der Waals surface area contributed by atoms with Crippen molar-refractivity contribution in [3.8, 4) is 0 Å². The second-order valence-corrected chi connectivity index (χ2v) is 6.00. The minimum Gasteiger partial charge on any atom is -0.336 e. The molecule has 2 heterocycles. The summed E-state index contributed by atoms with van der Waals surface area (Å²) in [6.45, 7) is 5.42. The van der Waals surface area contributed by atoms with Gasteiger partial charge in [0.15, 0.2) is 0 Å². The van der Waals surface area contributed by atoms with Crippen LogP contribution < -0.4 is 5.32 Å². The molecule has 132 valence electrons. The van der Waals surface area contributed by atoms with Crippen LogP contribution in [0.25, 0.3) is 6.08 Å². The van der Waals surface area contributed by atoms with E-state index in [4.69, 9.17) is 0 Å². The van der Waals surface area contributed by atoms with Crippen molar-refractivity contribution in [1.29, 1.82) is 0 Å². The summed E-state index contributed by atoms with van der Waals surface area (Å²) in [6, 6.07) is 10.3. The number of nitrogens with zero attached hydrogens (tertiary/aromatic N) is 5. The summed E-state index contributed by atoms with van der Waals surface area (Å²) in [5, 5.41) is 10.6. The van der Waals surface area contributed by atoms with E-state index in [-0.39, 0.29) is 6.03 Å². The molecule has 3 rings (SSSR count). The third kappa shape index (κ3) is 5.42. The number of aromatic nitrogens is 3. The van der Waals surface area contributed by atoms with Gasteiger partial charge in [-0.25, -0.2) is 4.79 Å². The van der Waals surface area contributed by atoms with Crippen molar-refractivity contribution in [3.63, 3.8) is 0 Å². The largest absolute Gasteiger partial charge is 0.336 e. The minimum atomic E-state index is -0.000377. The first-order valence-corrected chi connectivity index (χ1v) is 8.62. The first-order chi connectivity index (χ1) is 12.3. The highest BCUT2D eigenvalue weighted by Crippen LogP contribution is 2.04. The summed E-state index contributed by atoms with van der Waals surface area (Å²) in [6.07, 6.45) is 7.74. The average molecular weight is 340 g/mol. The van der Waals surface area contributed by atoms with E-state index in [2.05, 4.69) is 44.8 Å². The van der Waals surface area contributed by atoms with Crippen molar-refractivity contribution < 1.29 is 4.79 Å². The number of nitrogens with one attached hydrogen (secondary N) is 1. The predicted octanol–water partition coefficient (Wildman–Crippen LogP) is 1.32. The van der Waals surface area contributed by atoms with Crippen LogP contribution in [0.15, 0.2) is 48.8 Å². The van der Waals surface area contributed by atoms with Gasteiger partial charge in [-0.3, -0.25) is 9.58 Å². The Morgan fingerprint density at radius 1 is 1.16 bits per heavy atom. The molecule has 0 unspecified atom stereocenters. The number of carbonyl (C=O) groups excluding carboxylic acids is 1. The van der Waals surface area contributed by atoms with E-state index >= 15 is 0 Å². The van der Waals surface area contributed by atoms with Crippen molar-refractivity contribution >= 4 is 12.1 Å². The van der Waals surface area contributed by atoms with Crippen molar-refractivity contribution in [2.24, 2.45) is 0 Å². The summed E-state index contributed by atoms with van der Waals surface area (Å²) in [4.78, 5) is 16.4. The molecular formula is C18H24N6O. The Hall–Kier alpha value is -2.67. The van der Waals surface area contributed by atoms with E-state index < -0.39 is 0 Å². The molecule has 25 heavy (non-hydrogen) atoms. The standard InChI is InChI=1S/C18H24N6O/c25-18(19-8-11-24-12-9-20-21-24)23-15-13-22(14-16-23)10-4-7-17-5-2-1-3-6-17/h1-7,9,12H,8,10-11,13-16H2,(H,19,25). The van der Waals surface area contributed by atoms with Gasteiger partial charge in [0.2, 0.25) is 0 Å². The molecular weight excluding hydrogens is 316 g/mol. The normalized spacial score (nSPS) is 15.6. The average Bonchev–Trinajstić information content (AvgIpc) is 3.16. The second kappa shape index (κ2) is 8.98. The van der Waals surface area contributed by atoms with Gasteiger partial charge < -0.3 is 10.2 Å². The lowest BCUT2D eigenvalue weighted by molar-refractivity contribution is 0.146. The van der Waals surface area contributed by atoms with Crippen molar-refractivity contribution in [2.75, 3.05) is 39.3 Å². The van der Waals surface area contributed by atoms with Crippen LogP contribution in [-0.4, -0.2) is 70.1 Å². The molecule has 1 N–H and O–H groups in total. The Kier molecular flexibility index (Phi) is 6.17. The van der Waals surface area contributed by atoms with Crippen LogP contribution in [0, 0.1) is 0 Å². The number of hydrogen-bond acceptors (Lipinski definition) is 4. The molecule has 2 amide bonds. The summed E-state index contributed by atoms with van der Waals surface area (Å²) in [7, 11) is 0. The molecule has 0 atom stereocenters. The van der Waals surface area contributed by atoms with Gasteiger partial charge in [-0.15, -0.1) is 5.10 Å². The molecule has 2 aromatic rings. The first-order valence-electron chi connectivity index (χ1n) is 8.62. The second-order valence-electron chi connectivity index (χ2n) is 6.00. The number of hydrogen-bond donors (Lipinski definition) is 1. The quantitative estimate of drug-likeness (QED) is 0.861. The summed E-state index contributed by atoms with van der Waals surface area (Å²) in [5.74, 6) is 0. The third-order valence-corrected chi connectivity index (χ3v) is 4.22. The summed E-state index contributed by atoms with van der Waals surface area (Å²) < 4.78 is 1.71. The molecule has 1 aliphatic heterocycles. The lowest BCUT2D eigenvalue weighted by Crippen LogP contribution is -2.52. The molecule has 1 saturated heterocycles. The maximum Gasteiger partial charge on any atom is 0.317 e. The Bertz CT molecular complexity index is 662. The molecule has 0 bridgehead atoms. The highest BCUT2D eigenvalue weighted by Gasteiger charge is 2.19. The van der Waals surface area contributed by atoms with Gasteiger partial charge in [0, 0.05) is 45.5 Å². The number of piperazine rings is 1. The predicted molar refractivity (Wildman–Crippen MR) is 96.9 cm³/mol. The van der Waals surface area contributed by atoms with Gasteiger partial charge in [0.1, 0.15) is 0 Å². The first kappa shape index (κ1) is 17.2. The SMILES string of the molecule is O=C(NCCn1ccnn1)N1CCN(CC=Cc2ccccc2)CC1. The van der Waals surface area contributed by atoms with E-state index in [1.54, 1.807) is 17.1 Å². The minimum absolute atomic E-state index is 0.000377. The van der Waals surface area contributed by atoms with Crippen molar-refractivity contribution in [2.45, 2.75) is 6.54 Å². The Morgan fingerprint density at radius 2 is 1.96 bits per heavy atom. The monoisotopic (exact) mass is 340 g/mol. The van der Waals surface area contributed by atoms with E-state index in [1.165, 1.54) is 5.56 Å². The van der Waals surface area contributed by atoms with Gasteiger partial charge in [-0.05, 0) is 5.56 Å². The molecule has 0 saturated carbocycles. The number of urea groups is 1. The van der Waals surface area contributed by atoms with Gasteiger partial charge in [0.25, 0.3) is 0 Å². The van der Waals surface area contributed by atoms with Crippen LogP contribution in [0.4, 0.5) is 4.79 Å². The molecule has 1 fully saturated rings. The number of benzene rings is 1. The molecule has 7 nitrogen and oxygen atoms in total. The highest BCUT2D eigenvalue weighted by atomic mass is 16.2. The zero-order chi connectivity index (χ0) is 17.3. The maximum atomic E-state index is 12.2. The number of rotatable bonds is 6. The molecule has 1 aromatic heterocycles. The van der Waals surface area contributed by atoms with E-state index in [9.17, 15) is 4.79 Å². The fourth-order valence-corrected chi connectivity index (χ4v) is 2.78. The van der Waals surface area contributed by atoms with E-state index in [0.29, 0.717) is 13.1 Å². The van der Waals surface area contributed by atoms with Gasteiger partial charge >= 0.3 is 6.03 Å². The van der Waals surface area contributed by atoms with Crippen LogP contribution in [0.3, 0.4) is 0 Å². The Morgan fingerprint density at radius 3 is 2.68 bits per heavy atom. The smallest absolute Gasteiger partial charge is 0.317 e. The van der Waals surface area contributed by atoms with Gasteiger partial charge in [0.05, 0.1) is 12.7 Å². The van der Waals surface area contributed by atoms with E-state index in [0.717, 1.165) is 32.7 Å². The van der Waals surface area contributed by atoms with Crippen molar-refractivity contribution in [3.05, 3.63) is 54.4 Å². The zero-order valence-electron chi connectivity index (χ0n) is 14.3. The molecule has 0 aliphatic carbocycles. The van der Waals surface area contributed by atoms with E-state index in [1.807, 2.05) is 23.1 Å². The zero-order valence-corrected chi connectivity index (χ0v) is 14.3. The fourth-order valence-electron chi connectivity index (χ4n) is 2.78. The summed E-state index contributed by atoms with van der Waals surface area (Å²) in [5.41, 5.74) is 1.22. The fraction of sp³-hybridized carbons (Fsp3) is 0.389. The van der Waals surface area contributed by atoms with Crippen LogP contribution in [0.5, 0.6) is 0 Å². The molecule has 0 radical (unpaired) electrons. The highest BCUT2D eigenvalue weighted by molar-refractivity contribution is 5.74. The lowest BCUT2D eigenvalue weighted by Gasteiger charge is -2.34. The molecule has 7 heteroatoms. The molecule has 1 aliphatic rings. The topological polar surface area (TPSA) is 66.3 Å². The lowest BCUT2D eigenvalue weighted by atomic mass is 10.2. The Balaban J connectivity index is 1.33. The van der Waals surface area contributed by atoms with Gasteiger partial charge in [-0.2, -0.15) is 0 Å². The number of carbonyl (C=O) groups is 1.